The van der Waals surface area contributed by atoms with E-state index in [9.17, 15) is 4.79 Å². The molecule has 1 atom stereocenters. The number of rotatable bonds is 4. The number of thiazole rings is 1. The number of amides is 2. The SMILES string of the molecule is C[C@H](c1ccsc1)N1CCN(C(=O)NCc2cscn2)CC1. The standard InChI is InChI=1S/C15H20N4OS2/c1-12(13-2-7-21-9-13)18-3-5-19(6-4-18)15(20)16-8-14-10-22-11-17-14/h2,7,9-12H,3-6,8H2,1H3,(H,16,20)/t12-/m1/s1. The Labute approximate surface area is 138 Å². The van der Waals surface area contributed by atoms with Gasteiger partial charge in [-0.2, -0.15) is 11.3 Å². The van der Waals surface area contributed by atoms with E-state index in [0.29, 0.717) is 12.6 Å². The third-order valence-corrected chi connectivity index (χ3v) is 5.42. The summed E-state index contributed by atoms with van der Waals surface area (Å²) in [7, 11) is 0. The van der Waals surface area contributed by atoms with Gasteiger partial charge in [-0.15, -0.1) is 11.3 Å². The largest absolute Gasteiger partial charge is 0.332 e. The fourth-order valence-corrected chi connectivity index (χ4v) is 3.94. The Morgan fingerprint density at radius 2 is 2.14 bits per heavy atom. The van der Waals surface area contributed by atoms with Gasteiger partial charge in [0.1, 0.15) is 0 Å². The molecule has 22 heavy (non-hydrogen) atoms. The molecule has 1 N–H and O–H groups in total. The molecule has 0 saturated carbocycles. The number of carbonyl (C=O) groups is 1. The summed E-state index contributed by atoms with van der Waals surface area (Å²) in [4.78, 5) is 20.7. The van der Waals surface area contributed by atoms with Crippen molar-refractivity contribution in [3.8, 4) is 0 Å². The first-order chi connectivity index (χ1) is 10.7. The normalized spacial score (nSPS) is 17.4. The van der Waals surface area contributed by atoms with E-state index < -0.39 is 0 Å². The minimum Gasteiger partial charge on any atom is -0.332 e. The first-order valence-electron chi connectivity index (χ1n) is 7.40. The third kappa shape index (κ3) is 3.66. The van der Waals surface area contributed by atoms with Gasteiger partial charge >= 0.3 is 6.03 Å². The zero-order valence-electron chi connectivity index (χ0n) is 12.6. The van der Waals surface area contributed by atoms with E-state index in [2.05, 4.69) is 39.0 Å². The van der Waals surface area contributed by atoms with Crippen LogP contribution in [0.3, 0.4) is 0 Å². The molecule has 2 amide bonds. The van der Waals surface area contributed by atoms with Crippen LogP contribution in [0.5, 0.6) is 0 Å². The highest BCUT2D eigenvalue weighted by Gasteiger charge is 2.24. The molecule has 0 radical (unpaired) electrons. The van der Waals surface area contributed by atoms with E-state index >= 15 is 0 Å². The molecule has 0 bridgehead atoms. The lowest BCUT2D eigenvalue weighted by atomic mass is 10.1. The van der Waals surface area contributed by atoms with Crippen molar-refractivity contribution in [3.63, 3.8) is 0 Å². The topological polar surface area (TPSA) is 48.5 Å². The van der Waals surface area contributed by atoms with Crippen LogP contribution in [-0.2, 0) is 6.54 Å². The predicted molar refractivity (Wildman–Crippen MR) is 90.2 cm³/mol. The lowest BCUT2D eigenvalue weighted by molar-refractivity contribution is 0.114. The maximum Gasteiger partial charge on any atom is 0.317 e. The molecule has 0 spiro atoms. The Balaban J connectivity index is 1.46. The smallest absolute Gasteiger partial charge is 0.317 e. The van der Waals surface area contributed by atoms with Gasteiger partial charge in [0.2, 0.25) is 0 Å². The van der Waals surface area contributed by atoms with Crippen molar-refractivity contribution in [2.45, 2.75) is 19.5 Å². The summed E-state index contributed by atoms with van der Waals surface area (Å²) in [6.45, 7) is 6.13. The molecule has 0 aliphatic carbocycles. The molecule has 2 aromatic heterocycles. The number of piperazine rings is 1. The zero-order chi connectivity index (χ0) is 15.4. The highest BCUT2D eigenvalue weighted by Crippen LogP contribution is 2.23. The van der Waals surface area contributed by atoms with Gasteiger partial charge in [-0.05, 0) is 29.3 Å². The van der Waals surface area contributed by atoms with E-state index in [1.54, 1.807) is 28.2 Å². The maximum atomic E-state index is 12.2. The molecule has 5 nitrogen and oxygen atoms in total. The first kappa shape index (κ1) is 15.5. The summed E-state index contributed by atoms with van der Waals surface area (Å²) in [6, 6.07) is 2.62. The van der Waals surface area contributed by atoms with Crippen molar-refractivity contribution in [1.82, 2.24) is 20.1 Å². The van der Waals surface area contributed by atoms with Crippen molar-refractivity contribution in [3.05, 3.63) is 39.0 Å². The van der Waals surface area contributed by atoms with Crippen LogP contribution < -0.4 is 5.32 Å². The molecule has 7 heteroatoms. The molecule has 2 aromatic rings. The van der Waals surface area contributed by atoms with Crippen molar-refractivity contribution in [2.75, 3.05) is 26.2 Å². The zero-order valence-corrected chi connectivity index (χ0v) is 14.2. The lowest BCUT2D eigenvalue weighted by Gasteiger charge is -2.37. The Kier molecular flexibility index (Phi) is 5.07. The van der Waals surface area contributed by atoms with Gasteiger partial charge in [0, 0.05) is 37.6 Å². The van der Waals surface area contributed by atoms with Gasteiger partial charge in [-0.3, -0.25) is 4.90 Å². The Morgan fingerprint density at radius 1 is 1.32 bits per heavy atom. The second kappa shape index (κ2) is 7.21. The second-order valence-electron chi connectivity index (χ2n) is 5.39. The fourth-order valence-electron chi connectivity index (χ4n) is 2.64. The van der Waals surface area contributed by atoms with Crippen molar-refractivity contribution in [1.29, 1.82) is 0 Å². The number of hydrogen-bond acceptors (Lipinski definition) is 5. The van der Waals surface area contributed by atoms with Crippen LogP contribution in [0.15, 0.2) is 27.7 Å². The number of carbonyl (C=O) groups excluding carboxylic acids is 1. The lowest BCUT2D eigenvalue weighted by Crippen LogP contribution is -2.52. The van der Waals surface area contributed by atoms with Crippen LogP contribution in [0.1, 0.15) is 24.2 Å². The summed E-state index contributed by atoms with van der Waals surface area (Å²) >= 11 is 3.28. The van der Waals surface area contributed by atoms with Crippen LogP contribution in [0, 0.1) is 0 Å². The van der Waals surface area contributed by atoms with Crippen LogP contribution in [0.2, 0.25) is 0 Å². The van der Waals surface area contributed by atoms with E-state index in [4.69, 9.17) is 0 Å². The number of hydrogen-bond donors (Lipinski definition) is 1. The summed E-state index contributed by atoms with van der Waals surface area (Å²) in [5, 5.41) is 9.22. The summed E-state index contributed by atoms with van der Waals surface area (Å²) in [6.07, 6.45) is 0. The van der Waals surface area contributed by atoms with Gasteiger partial charge in [-0.1, -0.05) is 0 Å². The van der Waals surface area contributed by atoms with Crippen molar-refractivity contribution in [2.24, 2.45) is 0 Å². The van der Waals surface area contributed by atoms with E-state index in [-0.39, 0.29) is 6.03 Å². The molecule has 0 aromatic carbocycles. The molecule has 0 unspecified atom stereocenters. The van der Waals surface area contributed by atoms with E-state index in [1.807, 2.05) is 10.3 Å². The third-order valence-electron chi connectivity index (χ3n) is 4.08. The first-order valence-corrected chi connectivity index (χ1v) is 9.28. The predicted octanol–water partition coefficient (Wildman–Crippen LogP) is 2.79. The van der Waals surface area contributed by atoms with Crippen LogP contribution in [-0.4, -0.2) is 47.0 Å². The number of nitrogens with zero attached hydrogens (tertiary/aromatic N) is 3. The molecular formula is C15H20N4OS2. The summed E-state index contributed by atoms with van der Waals surface area (Å²) < 4.78 is 0. The van der Waals surface area contributed by atoms with Crippen LogP contribution in [0.25, 0.3) is 0 Å². The van der Waals surface area contributed by atoms with Gasteiger partial charge < -0.3 is 10.2 Å². The van der Waals surface area contributed by atoms with Gasteiger partial charge in [0.25, 0.3) is 0 Å². The fraction of sp³-hybridized carbons (Fsp3) is 0.467. The van der Waals surface area contributed by atoms with Gasteiger partial charge in [0.15, 0.2) is 0 Å². The molecule has 3 heterocycles. The highest BCUT2D eigenvalue weighted by atomic mass is 32.1. The van der Waals surface area contributed by atoms with Crippen LogP contribution >= 0.6 is 22.7 Å². The van der Waals surface area contributed by atoms with Gasteiger partial charge in [0.05, 0.1) is 17.7 Å². The molecule has 1 saturated heterocycles. The number of thiophene rings is 1. The minimum absolute atomic E-state index is 0.0100. The average Bonchev–Trinajstić information content (AvgIpc) is 3.25. The van der Waals surface area contributed by atoms with Crippen LogP contribution in [0.4, 0.5) is 4.79 Å². The van der Waals surface area contributed by atoms with E-state index in [1.165, 1.54) is 5.56 Å². The minimum atomic E-state index is 0.0100. The molecular weight excluding hydrogens is 316 g/mol. The number of nitrogens with one attached hydrogen (secondary N) is 1. The van der Waals surface area contributed by atoms with Gasteiger partial charge in [-0.25, -0.2) is 9.78 Å². The summed E-state index contributed by atoms with van der Waals surface area (Å²) in [5.41, 5.74) is 4.07. The quantitative estimate of drug-likeness (QED) is 0.934. The molecule has 1 aliphatic heterocycles. The molecule has 3 rings (SSSR count). The van der Waals surface area contributed by atoms with Crippen molar-refractivity contribution < 1.29 is 4.79 Å². The maximum absolute atomic E-state index is 12.2. The molecule has 118 valence electrons. The Morgan fingerprint density at radius 3 is 2.77 bits per heavy atom. The number of urea groups is 1. The van der Waals surface area contributed by atoms with E-state index in [0.717, 1.165) is 31.9 Å². The highest BCUT2D eigenvalue weighted by molar-refractivity contribution is 7.08. The Bertz CT molecular complexity index is 577. The Hall–Kier alpha value is -1.44. The van der Waals surface area contributed by atoms with Crippen molar-refractivity contribution >= 4 is 28.7 Å². The average molecular weight is 336 g/mol. The monoisotopic (exact) mass is 336 g/mol. The molecule has 1 aliphatic rings. The summed E-state index contributed by atoms with van der Waals surface area (Å²) in [5.74, 6) is 0. The number of aromatic nitrogens is 1. The molecule has 1 fully saturated rings. The second-order valence-corrected chi connectivity index (χ2v) is 6.89.